The van der Waals surface area contributed by atoms with E-state index in [1.165, 1.54) is 6.92 Å². The maximum Gasteiger partial charge on any atom is 0.416 e. The monoisotopic (exact) mass is 379 g/mol. The fourth-order valence-electron chi connectivity index (χ4n) is 2.43. The molecule has 0 aliphatic rings. The van der Waals surface area contributed by atoms with Gasteiger partial charge in [0.05, 0.1) is 12.0 Å². The van der Waals surface area contributed by atoms with Crippen molar-refractivity contribution in [3.63, 3.8) is 0 Å². The summed E-state index contributed by atoms with van der Waals surface area (Å²) in [6.45, 7) is 3.29. The highest BCUT2D eigenvalue weighted by molar-refractivity contribution is 5.95. The van der Waals surface area contributed by atoms with E-state index in [9.17, 15) is 22.8 Å². The van der Waals surface area contributed by atoms with Gasteiger partial charge in [0.1, 0.15) is 0 Å². The van der Waals surface area contributed by atoms with E-state index in [1.807, 2.05) is 37.3 Å². The number of alkyl halides is 3. The fourth-order valence-corrected chi connectivity index (χ4v) is 2.43. The fraction of sp³-hybridized carbons (Fsp3) is 0.300. The van der Waals surface area contributed by atoms with E-state index in [1.54, 1.807) is 0 Å². The molecule has 0 bridgehead atoms. The number of benzene rings is 2. The van der Waals surface area contributed by atoms with Crippen LogP contribution in [0.5, 0.6) is 0 Å². The summed E-state index contributed by atoms with van der Waals surface area (Å²) in [6.07, 6.45) is -5.40. The Bertz CT molecular complexity index is 773. The third kappa shape index (κ3) is 6.13. The third-order valence-corrected chi connectivity index (χ3v) is 4.00. The molecule has 2 aromatic rings. The van der Waals surface area contributed by atoms with Gasteiger partial charge in [-0.15, -0.1) is 0 Å². The summed E-state index contributed by atoms with van der Waals surface area (Å²) in [6, 6.07) is 13.5. The molecule has 144 valence electrons. The number of carbonyl (C=O) groups is 2. The van der Waals surface area contributed by atoms with E-state index >= 15 is 0 Å². The Morgan fingerprint density at radius 1 is 1.00 bits per heavy atom. The van der Waals surface area contributed by atoms with Gasteiger partial charge in [-0.2, -0.15) is 13.2 Å². The molecule has 1 amide bonds. The van der Waals surface area contributed by atoms with E-state index in [-0.39, 0.29) is 18.0 Å². The Labute approximate surface area is 155 Å². The van der Waals surface area contributed by atoms with Gasteiger partial charge in [-0.3, -0.25) is 9.59 Å². The number of anilines is 1. The minimum Gasteiger partial charge on any atom is -0.453 e. The maximum absolute atomic E-state index is 12.5. The molecule has 7 heteroatoms. The molecule has 0 fully saturated rings. The van der Waals surface area contributed by atoms with Gasteiger partial charge in [0.2, 0.25) is 0 Å². The van der Waals surface area contributed by atoms with Crippen molar-refractivity contribution in [1.82, 2.24) is 0 Å². The van der Waals surface area contributed by atoms with Crippen LogP contribution in [-0.4, -0.2) is 18.0 Å². The zero-order valence-corrected chi connectivity index (χ0v) is 14.9. The SMILES string of the molecule is C[C@H](OC(=O)C[C@H](C)c1ccccc1)C(=O)Nc1ccc(C(F)(F)F)cc1. The molecule has 0 heterocycles. The van der Waals surface area contributed by atoms with E-state index in [0.717, 1.165) is 29.8 Å². The van der Waals surface area contributed by atoms with Crippen molar-refractivity contribution in [1.29, 1.82) is 0 Å². The first-order valence-electron chi connectivity index (χ1n) is 8.39. The molecule has 0 aliphatic carbocycles. The summed E-state index contributed by atoms with van der Waals surface area (Å²) in [5.41, 5.74) is 0.361. The van der Waals surface area contributed by atoms with Crippen molar-refractivity contribution in [3.05, 3.63) is 65.7 Å². The van der Waals surface area contributed by atoms with Crippen molar-refractivity contribution in [3.8, 4) is 0 Å². The summed E-state index contributed by atoms with van der Waals surface area (Å²) in [5.74, 6) is -1.21. The summed E-state index contributed by atoms with van der Waals surface area (Å²) >= 11 is 0. The van der Waals surface area contributed by atoms with Crippen LogP contribution < -0.4 is 5.32 Å². The van der Waals surface area contributed by atoms with Crippen molar-refractivity contribution < 1.29 is 27.5 Å². The molecule has 27 heavy (non-hydrogen) atoms. The average Bonchev–Trinajstić information content (AvgIpc) is 2.62. The number of halogens is 3. The summed E-state index contributed by atoms with van der Waals surface area (Å²) in [7, 11) is 0. The number of nitrogens with one attached hydrogen (secondary N) is 1. The van der Waals surface area contributed by atoms with Gasteiger partial charge >= 0.3 is 12.1 Å². The molecule has 2 rings (SSSR count). The lowest BCUT2D eigenvalue weighted by Gasteiger charge is -2.16. The van der Waals surface area contributed by atoms with Gasteiger partial charge in [0, 0.05) is 5.69 Å². The number of esters is 1. The molecule has 0 saturated carbocycles. The summed E-state index contributed by atoms with van der Waals surface area (Å²) in [4.78, 5) is 24.1. The third-order valence-electron chi connectivity index (χ3n) is 4.00. The normalized spacial score (nSPS) is 13.5. The minimum absolute atomic E-state index is 0.0659. The van der Waals surface area contributed by atoms with Crippen LogP contribution in [0.15, 0.2) is 54.6 Å². The van der Waals surface area contributed by atoms with Crippen molar-refractivity contribution in [2.24, 2.45) is 0 Å². The smallest absolute Gasteiger partial charge is 0.416 e. The van der Waals surface area contributed by atoms with Crippen LogP contribution in [0.2, 0.25) is 0 Å². The van der Waals surface area contributed by atoms with Crippen LogP contribution in [-0.2, 0) is 20.5 Å². The molecule has 2 aromatic carbocycles. The number of hydrogen-bond donors (Lipinski definition) is 1. The Hall–Kier alpha value is -2.83. The maximum atomic E-state index is 12.5. The summed E-state index contributed by atoms with van der Waals surface area (Å²) < 4.78 is 42.7. The summed E-state index contributed by atoms with van der Waals surface area (Å²) in [5, 5.41) is 2.43. The van der Waals surface area contributed by atoms with Crippen LogP contribution in [0.3, 0.4) is 0 Å². The Morgan fingerprint density at radius 3 is 2.15 bits per heavy atom. The lowest BCUT2D eigenvalue weighted by Crippen LogP contribution is -2.30. The highest BCUT2D eigenvalue weighted by atomic mass is 19.4. The second-order valence-electron chi connectivity index (χ2n) is 6.21. The first-order valence-corrected chi connectivity index (χ1v) is 8.39. The lowest BCUT2D eigenvalue weighted by molar-refractivity contribution is -0.153. The molecule has 2 atom stereocenters. The van der Waals surface area contributed by atoms with E-state index in [0.29, 0.717) is 0 Å². The molecule has 0 radical (unpaired) electrons. The molecular weight excluding hydrogens is 359 g/mol. The predicted octanol–water partition coefficient (Wildman–Crippen LogP) is 4.77. The molecule has 1 N–H and O–H groups in total. The van der Waals surface area contributed by atoms with E-state index < -0.39 is 29.7 Å². The predicted molar refractivity (Wildman–Crippen MR) is 95.1 cm³/mol. The quantitative estimate of drug-likeness (QED) is 0.736. The van der Waals surface area contributed by atoms with Crippen LogP contribution in [0, 0.1) is 0 Å². The van der Waals surface area contributed by atoms with E-state index in [2.05, 4.69) is 5.32 Å². The Kier molecular flexibility index (Phi) is 6.60. The lowest BCUT2D eigenvalue weighted by atomic mass is 9.98. The van der Waals surface area contributed by atoms with Crippen LogP contribution in [0.25, 0.3) is 0 Å². The number of hydrogen-bond acceptors (Lipinski definition) is 3. The second kappa shape index (κ2) is 8.70. The molecule has 0 saturated heterocycles. The molecule has 0 aliphatic heterocycles. The molecule has 4 nitrogen and oxygen atoms in total. The first kappa shape index (κ1) is 20.5. The van der Waals surface area contributed by atoms with E-state index in [4.69, 9.17) is 4.74 Å². The number of carbonyl (C=O) groups excluding carboxylic acids is 2. The van der Waals surface area contributed by atoms with Crippen LogP contribution in [0.1, 0.15) is 37.3 Å². The van der Waals surface area contributed by atoms with Gasteiger partial charge in [0.25, 0.3) is 5.91 Å². The number of amides is 1. The Balaban J connectivity index is 1.87. The number of rotatable bonds is 6. The van der Waals surface area contributed by atoms with Gasteiger partial charge in [-0.05, 0) is 42.7 Å². The van der Waals surface area contributed by atoms with Crippen molar-refractivity contribution in [2.45, 2.75) is 38.5 Å². The highest BCUT2D eigenvalue weighted by Crippen LogP contribution is 2.29. The first-order chi connectivity index (χ1) is 12.7. The molecule has 0 unspecified atom stereocenters. The van der Waals surface area contributed by atoms with Gasteiger partial charge in [0.15, 0.2) is 6.10 Å². The molecule has 0 spiro atoms. The topological polar surface area (TPSA) is 55.4 Å². The van der Waals surface area contributed by atoms with Crippen molar-refractivity contribution >= 4 is 17.6 Å². The zero-order chi connectivity index (χ0) is 20.0. The molecular formula is C20H20F3NO3. The Morgan fingerprint density at radius 2 is 1.59 bits per heavy atom. The van der Waals surface area contributed by atoms with Gasteiger partial charge in [-0.1, -0.05) is 37.3 Å². The van der Waals surface area contributed by atoms with Gasteiger partial charge < -0.3 is 10.1 Å². The average molecular weight is 379 g/mol. The van der Waals surface area contributed by atoms with Crippen LogP contribution >= 0.6 is 0 Å². The second-order valence-corrected chi connectivity index (χ2v) is 6.21. The zero-order valence-electron chi connectivity index (χ0n) is 14.9. The largest absolute Gasteiger partial charge is 0.453 e. The highest BCUT2D eigenvalue weighted by Gasteiger charge is 2.30. The standard InChI is InChI=1S/C20H20F3NO3/c1-13(15-6-4-3-5-7-15)12-18(25)27-14(2)19(26)24-17-10-8-16(9-11-17)20(21,22)23/h3-11,13-14H,12H2,1-2H3,(H,24,26)/t13-,14-/m0/s1. The minimum atomic E-state index is -4.44. The van der Waals surface area contributed by atoms with Crippen LogP contribution in [0.4, 0.5) is 18.9 Å². The number of ether oxygens (including phenoxy) is 1. The van der Waals surface area contributed by atoms with Crippen molar-refractivity contribution in [2.75, 3.05) is 5.32 Å². The van der Waals surface area contributed by atoms with Gasteiger partial charge in [-0.25, -0.2) is 0 Å². The molecule has 0 aromatic heterocycles.